The van der Waals surface area contributed by atoms with Gasteiger partial charge in [-0.2, -0.15) is 4.40 Å². The molecule has 0 saturated carbocycles. The lowest BCUT2D eigenvalue weighted by Gasteiger charge is -2.03. The molecule has 3 aromatic heterocycles. The largest absolute Gasteiger partial charge is 0.256 e. The van der Waals surface area contributed by atoms with E-state index >= 15 is 0 Å². The van der Waals surface area contributed by atoms with Crippen LogP contribution in [0.5, 0.6) is 0 Å². The first-order valence-corrected chi connectivity index (χ1v) is 7.42. The van der Waals surface area contributed by atoms with Crippen LogP contribution in [-0.2, 0) is 0 Å². The second kappa shape index (κ2) is 4.25. The molecule has 1 aromatic carbocycles. The molecule has 102 valence electrons. The van der Waals surface area contributed by atoms with Crippen molar-refractivity contribution < 1.29 is 4.40 Å². The standard InChI is InChI=1S/C20H13N2/c1-2-8-16-14(6-1)12-20-17(18-9-3-4-11-21-18)13-15-7-5-10-19(16)22(15)20/h1-13H/q+1. The Morgan fingerprint density at radius 3 is 2.64 bits per heavy atom. The molecule has 0 radical (unpaired) electrons. The van der Waals surface area contributed by atoms with E-state index in [1.165, 1.54) is 33.3 Å². The quantitative estimate of drug-likeness (QED) is 0.337. The Kier molecular flexibility index (Phi) is 2.25. The second-order valence-electron chi connectivity index (χ2n) is 5.56. The summed E-state index contributed by atoms with van der Waals surface area (Å²) in [6.07, 6.45) is 4.08. The summed E-state index contributed by atoms with van der Waals surface area (Å²) in [5, 5.41) is 2.54. The number of hydrogen-bond acceptors (Lipinski definition) is 1. The Morgan fingerprint density at radius 2 is 1.73 bits per heavy atom. The molecule has 22 heavy (non-hydrogen) atoms. The lowest BCUT2D eigenvalue weighted by atomic mass is 10.0. The zero-order chi connectivity index (χ0) is 14.5. The van der Waals surface area contributed by atoms with Crippen molar-refractivity contribution in [1.82, 2.24) is 4.98 Å². The van der Waals surface area contributed by atoms with E-state index in [0.717, 1.165) is 5.69 Å². The number of nitrogens with zero attached hydrogens (tertiary/aromatic N) is 2. The zero-order valence-electron chi connectivity index (χ0n) is 11.9. The normalized spacial score (nSPS) is 12.8. The molecule has 2 nitrogen and oxygen atoms in total. The first-order valence-electron chi connectivity index (χ1n) is 7.42. The van der Waals surface area contributed by atoms with Crippen LogP contribution in [0.2, 0.25) is 0 Å². The van der Waals surface area contributed by atoms with Crippen molar-refractivity contribution >= 4 is 27.9 Å². The van der Waals surface area contributed by atoms with Crippen LogP contribution in [-0.4, -0.2) is 4.98 Å². The van der Waals surface area contributed by atoms with E-state index in [4.69, 9.17) is 0 Å². The van der Waals surface area contributed by atoms with E-state index < -0.39 is 0 Å². The van der Waals surface area contributed by atoms with Crippen molar-refractivity contribution in [3.05, 3.63) is 90.0 Å². The first kappa shape index (κ1) is 11.6. The Morgan fingerprint density at radius 1 is 0.818 bits per heavy atom. The summed E-state index contributed by atoms with van der Waals surface area (Å²) in [5.41, 5.74) is 5.86. The molecule has 5 rings (SSSR count). The van der Waals surface area contributed by atoms with Crippen LogP contribution in [0.15, 0.2) is 72.9 Å². The highest BCUT2D eigenvalue weighted by atomic mass is 14.9. The summed E-state index contributed by atoms with van der Waals surface area (Å²) in [5.74, 6) is 0. The Labute approximate surface area is 128 Å². The zero-order valence-corrected chi connectivity index (χ0v) is 11.9. The van der Waals surface area contributed by atoms with Gasteiger partial charge in [0.2, 0.25) is 16.9 Å². The van der Waals surface area contributed by atoms with Gasteiger partial charge in [-0.1, -0.05) is 24.3 Å². The average molecular weight is 281 g/mol. The predicted molar refractivity (Wildman–Crippen MR) is 88.3 cm³/mol. The van der Waals surface area contributed by atoms with Gasteiger partial charge in [-0.15, -0.1) is 0 Å². The summed E-state index contributed by atoms with van der Waals surface area (Å²) < 4.78 is 2.33. The molecule has 1 aliphatic heterocycles. The number of benzene rings is 1. The van der Waals surface area contributed by atoms with Crippen LogP contribution < -0.4 is 4.40 Å². The Hall–Kier alpha value is -3.00. The monoisotopic (exact) mass is 281 g/mol. The van der Waals surface area contributed by atoms with Crippen molar-refractivity contribution in [3.8, 4) is 0 Å². The van der Waals surface area contributed by atoms with E-state index in [9.17, 15) is 0 Å². The molecule has 0 saturated heterocycles. The Bertz CT molecular complexity index is 1060. The lowest BCUT2D eigenvalue weighted by Crippen LogP contribution is -2.27. The van der Waals surface area contributed by atoms with Crippen LogP contribution >= 0.6 is 0 Å². The van der Waals surface area contributed by atoms with Gasteiger partial charge in [0.05, 0.1) is 16.7 Å². The number of aromatic nitrogens is 2. The fourth-order valence-corrected chi connectivity index (χ4v) is 3.33. The topological polar surface area (TPSA) is 17.0 Å². The fraction of sp³-hybridized carbons (Fsp3) is 0. The van der Waals surface area contributed by atoms with Crippen LogP contribution in [0.3, 0.4) is 0 Å². The summed E-state index contributed by atoms with van der Waals surface area (Å²) >= 11 is 0. The summed E-state index contributed by atoms with van der Waals surface area (Å²) in [6, 6.07) is 23.3. The lowest BCUT2D eigenvalue weighted by molar-refractivity contribution is -0.512. The summed E-state index contributed by atoms with van der Waals surface area (Å²) in [4.78, 5) is 4.53. The summed E-state index contributed by atoms with van der Waals surface area (Å²) in [6.45, 7) is 0. The third-order valence-corrected chi connectivity index (χ3v) is 4.30. The molecule has 1 aliphatic rings. The second-order valence-corrected chi connectivity index (χ2v) is 5.56. The molecule has 0 unspecified atom stereocenters. The minimum atomic E-state index is 1.02. The summed E-state index contributed by atoms with van der Waals surface area (Å²) in [7, 11) is 0. The van der Waals surface area contributed by atoms with Gasteiger partial charge in [0.1, 0.15) is 0 Å². The predicted octanol–water partition coefficient (Wildman–Crippen LogP) is 3.88. The highest BCUT2D eigenvalue weighted by molar-refractivity contribution is 5.99. The van der Waals surface area contributed by atoms with Crippen LogP contribution in [0.4, 0.5) is 0 Å². The maximum atomic E-state index is 4.53. The van der Waals surface area contributed by atoms with Gasteiger partial charge in [0, 0.05) is 30.5 Å². The molecule has 0 fully saturated rings. The van der Waals surface area contributed by atoms with Gasteiger partial charge in [-0.25, -0.2) is 0 Å². The minimum Gasteiger partial charge on any atom is -0.256 e. The van der Waals surface area contributed by atoms with Crippen molar-refractivity contribution in [2.24, 2.45) is 0 Å². The van der Waals surface area contributed by atoms with E-state index in [1.807, 2.05) is 18.3 Å². The van der Waals surface area contributed by atoms with Gasteiger partial charge >= 0.3 is 0 Å². The van der Waals surface area contributed by atoms with E-state index in [2.05, 4.69) is 70.1 Å². The molecular formula is C20H13N2+. The maximum Gasteiger partial charge on any atom is 0.222 e. The van der Waals surface area contributed by atoms with Crippen molar-refractivity contribution in [3.63, 3.8) is 0 Å². The third kappa shape index (κ3) is 1.49. The molecule has 2 heteroatoms. The van der Waals surface area contributed by atoms with Gasteiger partial charge in [0.25, 0.3) is 0 Å². The number of rotatable bonds is 1. The smallest absolute Gasteiger partial charge is 0.222 e. The third-order valence-electron chi connectivity index (χ3n) is 4.30. The molecule has 0 N–H and O–H groups in total. The number of fused-ring (bicyclic) bond motifs is 2. The van der Waals surface area contributed by atoms with Gasteiger partial charge in [0.15, 0.2) is 0 Å². The average Bonchev–Trinajstić information content (AvgIpc) is 2.96. The van der Waals surface area contributed by atoms with Gasteiger partial charge < -0.3 is 0 Å². The molecule has 0 aliphatic carbocycles. The van der Waals surface area contributed by atoms with Crippen molar-refractivity contribution in [1.29, 1.82) is 0 Å². The van der Waals surface area contributed by atoms with Crippen LogP contribution in [0, 0.1) is 0 Å². The van der Waals surface area contributed by atoms with Gasteiger partial charge in [-0.3, -0.25) is 4.98 Å². The van der Waals surface area contributed by atoms with E-state index in [1.54, 1.807) is 0 Å². The van der Waals surface area contributed by atoms with E-state index in [-0.39, 0.29) is 0 Å². The van der Waals surface area contributed by atoms with E-state index in [0.29, 0.717) is 0 Å². The molecule has 4 heterocycles. The molecule has 4 aromatic rings. The minimum absolute atomic E-state index is 1.02. The molecule has 0 atom stereocenters. The van der Waals surface area contributed by atoms with Crippen molar-refractivity contribution in [2.75, 3.05) is 0 Å². The molecule has 0 bridgehead atoms. The highest BCUT2D eigenvalue weighted by Crippen LogP contribution is 2.30. The SMILES string of the molecule is C1=C(c2ccccn2)c2cc3ccccc3c3cccc1[n+]23. The molecule has 0 spiro atoms. The number of hydrogen-bond donors (Lipinski definition) is 0. The molecule has 0 amide bonds. The number of pyridine rings is 3. The Balaban J connectivity index is 1.93. The van der Waals surface area contributed by atoms with Crippen LogP contribution in [0.25, 0.3) is 27.9 Å². The maximum absolute atomic E-state index is 4.53. The van der Waals surface area contributed by atoms with Gasteiger partial charge in [-0.05, 0) is 29.7 Å². The van der Waals surface area contributed by atoms with Crippen LogP contribution in [0.1, 0.15) is 17.1 Å². The fourth-order valence-electron chi connectivity index (χ4n) is 3.33. The van der Waals surface area contributed by atoms with Crippen molar-refractivity contribution in [2.45, 2.75) is 0 Å². The molecular weight excluding hydrogens is 268 g/mol. The first-order chi connectivity index (χ1) is 10.9. The highest BCUT2D eigenvalue weighted by Gasteiger charge is 2.28.